The predicted octanol–water partition coefficient (Wildman–Crippen LogP) is 2.59. The maximum absolute atomic E-state index is 13.8. The van der Waals surface area contributed by atoms with Gasteiger partial charge in [0.15, 0.2) is 0 Å². The van der Waals surface area contributed by atoms with Crippen LogP contribution in [0.25, 0.3) is 10.8 Å². The van der Waals surface area contributed by atoms with Crippen molar-refractivity contribution < 1.29 is 25.2 Å². The molecule has 10 heteroatoms. The first-order valence-corrected chi connectivity index (χ1v) is 13.5. The lowest BCUT2D eigenvalue weighted by Crippen LogP contribution is -2.53. The van der Waals surface area contributed by atoms with Crippen LogP contribution in [0.3, 0.4) is 0 Å². The van der Waals surface area contributed by atoms with Gasteiger partial charge in [0.05, 0.1) is 27.7 Å². The van der Waals surface area contributed by atoms with Gasteiger partial charge in [-0.05, 0) is 66.5 Å². The fourth-order valence-electron chi connectivity index (χ4n) is 4.85. The number of aromatic nitrogens is 1. The summed E-state index contributed by atoms with van der Waals surface area (Å²) in [6.45, 7) is 2.86. The normalized spacial score (nSPS) is 15.9. The zero-order valence-electron chi connectivity index (χ0n) is 23.7. The lowest BCUT2D eigenvalue weighted by atomic mass is 10.0. The van der Waals surface area contributed by atoms with E-state index in [4.69, 9.17) is 16.6 Å². The minimum absolute atomic E-state index is 0.122. The summed E-state index contributed by atoms with van der Waals surface area (Å²) in [5, 5.41) is 7.83. The number of hydrogen-bond donors (Lipinski definition) is 3. The number of fused-ring (bicyclic) bond motifs is 1. The molecule has 40 heavy (non-hydrogen) atoms. The van der Waals surface area contributed by atoms with Crippen molar-refractivity contribution in [2.24, 2.45) is 0 Å². The number of methoxy groups -OCH3 is 1. The molecule has 2 aromatic carbocycles. The van der Waals surface area contributed by atoms with Gasteiger partial charge in [0.1, 0.15) is 17.6 Å². The standard InChI is InChI=1S/C30H37N5O5/c1-3-15-40-27(36)19-33-25(17-20-6-9-23(39-2)10-7-20)30(38)35-14-4-5-26(35)29(37)34-18-21-8-11-24-22(16-21)12-13-32-28(24)31/h6-13,16,25-26,33H,3-5,14-15,17-19H2,1-2H3,(H2,31,32)(H,34,37)/t25-,26-/m0/s1/i2D. The number of ether oxygens (including phenoxy) is 2. The highest BCUT2D eigenvalue weighted by molar-refractivity contribution is 5.92. The van der Waals surface area contributed by atoms with Crippen molar-refractivity contribution in [3.63, 3.8) is 0 Å². The highest BCUT2D eigenvalue weighted by atomic mass is 16.5. The molecule has 0 unspecified atom stereocenters. The number of likely N-dealkylation sites (tertiary alicyclic amines) is 1. The average molecular weight is 549 g/mol. The maximum atomic E-state index is 13.8. The number of pyridine rings is 1. The third-order valence-electron chi connectivity index (χ3n) is 6.95. The number of nitrogens with zero attached hydrogens (tertiary/aromatic N) is 2. The molecule has 2 atom stereocenters. The first-order chi connectivity index (χ1) is 19.9. The van der Waals surface area contributed by atoms with Gasteiger partial charge in [0, 0.05) is 24.7 Å². The molecule has 1 aliphatic rings. The van der Waals surface area contributed by atoms with Crippen LogP contribution >= 0.6 is 0 Å². The van der Waals surface area contributed by atoms with Crippen molar-refractivity contribution in [2.45, 2.75) is 51.2 Å². The zero-order valence-corrected chi connectivity index (χ0v) is 22.7. The summed E-state index contributed by atoms with van der Waals surface area (Å²) in [5.74, 6) is 0.115. The Morgan fingerprint density at radius 1 is 1.18 bits per heavy atom. The predicted molar refractivity (Wildman–Crippen MR) is 152 cm³/mol. The van der Waals surface area contributed by atoms with Crippen LogP contribution in [0.1, 0.15) is 38.7 Å². The van der Waals surface area contributed by atoms with Crippen LogP contribution in [0.2, 0.25) is 0 Å². The van der Waals surface area contributed by atoms with Crippen molar-refractivity contribution in [3.8, 4) is 5.75 Å². The minimum atomic E-state index is -0.736. The van der Waals surface area contributed by atoms with Gasteiger partial charge in [-0.3, -0.25) is 19.7 Å². The van der Waals surface area contributed by atoms with Crippen molar-refractivity contribution in [1.82, 2.24) is 20.5 Å². The first-order valence-electron chi connectivity index (χ1n) is 14.2. The Hall–Kier alpha value is -4.18. The first kappa shape index (κ1) is 27.4. The second kappa shape index (κ2) is 13.7. The topological polar surface area (TPSA) is 136 Å². The number of nitrogens with one attached hydrogen (secondary N) is 2. The Bertz CT molecular complexity index is 1350. The molecule has 0 radical (unpaired) electrons. The second-order valence-corrected chi connectivity index (χ2v) is 9.81. The molecule has 0 saturated carbocycles. The van der Waals surface area contributed by atoms with E-state index in [1.807, 2.05) is 43.3 Å². The van der Waals surface area contributed by atoms with Crippen molar-refractivity contribution in [2.75, 3.05) is 32.5 Å². The van der Waals surface area contributed by atoms with Crippen LogP contribution in [0.5, 0.6) is 5.75 Å². The lowest BCUT2D eigenvalue weighted by Gasteiger charge is -2.29. The lowest BCUT2D eigenvalue weighted by molar-refractivity contribution is -0.144. The maximum Gasteiger partial charge on any atom is 0.319 e. The third-order valence-corrected chi connectivity index (χ3v) is 6.95. The molecule has 1 aromatic heterocycles. The number of esters is 1. The summed E-state index contributed by atoms with van der Waals surface area (Å²) >= 11 is 0. The van der Waals surface area contributed by atoms with Gasteiger partial charge in [0.2, 0.25) is 11.8 Å². The number of benzene rings is 2. The highest BCUT2D eigenvalue weighted by Gasteiger charge is 2.37. The second-order valence-electron chi connectivity index (χ2n) is 9.81. The molecule has 1 aliphatic heterocycles. The Balaban J connectivity index is 1.43. The van der Waals surface area contributed by atoms with Gasteiger partial charge >= 0.3 is 5.97 Å². The fraction of sp³-hybridized carbons (Fsp3) is 0.400. The van der Waals surface area contributed by atoms with Crippen molar-refractivity contribution >= 4 is 34.4 Å². The van der Waals surface area contributed by atoms with Crippen molar-refractivity contribution in [1.29, 1.82) is 0 Å². The molecule has 4 rings (SSSR count). The van der Waals surface area contributed by atoms with Gasteiger partial charge in [0.25, 0.3) is 0 Å². The number of nitrogens with two attached hydrogens (primary N) is 1. The van der Waals surface area contributed by atoms with E-state index in [0.717, 1.165) is 21.9 Å². The SMILES string of the molecule is [2H]COc1ccc(C[C@H](NCC(=O)OCCC)C(=O)N2CCC[C@H]2C(=O)NCc2ccc3c(N)nccc3c2)cc1. The van der Waals surface area contributed by atoms with Gasteiger partial charge < -0.3 is 25.4 Å². The molecular formula is C30H37N5O5. The Morgan fingerprint density at radius 2 is 1.98 bits per heavy atom. The van der Waals surface area contributed by atoms with Crippen LogP contribution in [-0.2, 0) is 32.1 Å². The van der Waals surface area contributed by atoms with E-state index in [-0.39, 0.29) is 25.4 Å². The molecule has 0 spiro atoms. The molecule has 0 bridgehead atoms. The molecule has 3 aromatic rings. The Morgan fingerprint density at radius 3 is 2.75 bits per heavy atom. The van der Waals surface area contributed by atoms with E-state index in [1.54, 1.807) is 23.2 Å². The van der Waals surface area contributed by atoms with Crippen LogP contribution in [0.4, 0.5) is 5.82 Å². The van der Waals surface area contributed by atoms with Crippen LogP contribution in [-0.4, -0.2) is 66.5 Å². The molecule has 0 aliphatic carbocycles. The summed E-state index contributed by atoms with van der Waals surface area (Å²) < 4.78 is 17.6. The van der Waals surface area contributed by atoms with E-state index in [2.05, 4.69) is 15.6 Å². The van der Waals surface area contributed by atoms with Gasteiger partial charge in [-0.2, -0.15) is 0 Å². The van der Waals surface area contributed by atoms with E-state index >= 15 is 0 Å². The van der Waals surface area contributed by atoms with E-state index in [1.165, 1.54) is 0 Å². The molecule has 212 valence electrons. The van der Waals surface area contributed by atoms with Crippen molar-refractivity contribution in [3.05, 3.63) is 65.9 Å². The number of anilines is 1. The highest BCUT2D eigenvalue weighted by Crippen LogP contribution is 2.22. The third kappa shape index (κ3) is 7.26. The van der Waals surface area contributed by atoms with Gasteiger partial charge in [-0.25, -0.2) is 4.98 Å². The van der Waals surface area contributed by atoms with E-state index in [9.17, 15) is 14.4 Å². The van der Waals surface area contributed by atoms with E-state index < -0.39 is 18.1 Å². The fourth-order valence-corrected chi connectivity index (χ4v) is 4.85. The Kier molecular flexibility index (Phi) is 9.41. The summed E-state index contributed by atoms with van der Waals surface area (Å²) in [7, 11) is -0.187. The molecule has 2 heterocycles. The molecule has 1 fully saturated rings. The molecule has 1 saturated heterocycles. The largest absolute Gasteiger partial charge is 0.497 e. The summed E-state index contributed by atoms with van der Waals surface area (Å²) in [5.41, 5.74) is 7.71. The quantitative estimate of drug-likeness (QED) is 0.294. The smallest absolute Gasteiger partial charge is 0.319 e. The van der Waals surface area contributed by atoms with Crippen LogP contribution in [0.15, 0.2) is 54.7 Å². The molecule has 10 nitrogen and oxygen atoms in total. The van der Waals surface area contributed by atoms with Gasteiger partial charge in [-0.15, -0.1) is 0 Å². The number of rotatable bonds is 12. The molecular weight excluding hydrogens is 510 g/mol. The van der Waals surface area contributed by atoms with Crippen LogP contribution in [0, 0.1) is 0 Å². The van der Waals surface area contributed by atoms with E-state index in [0.29, 0.717) is 56.9 Å². The summed E-state index contributed by atoms with van der Waals surface area (Å²) in [6.07, 6.45) is 3.92. The zero-order chi connectivity index (χ0) is 29.2. The number of hydrogen-bond acceptors (Lipinski definition) is 8. The molecule has 2 amide bonds. The summed E-state index contributed by atoms with van der Waals surface area (Å²) in [4.78, 5) is 44.9. The Labute approximate surface area is 235 Å². The van der Waals surface area contributed by atoms with Crippen LogP contribution < -0.4 is 21.1 Å². The number of nitrogen functional groups attached to an aromatic ring is 1. The monoisotopic (exact) mass is 548 g/mol. The number of carbonyl (C=O) groups excluding carboxylic acids is 3. The number of carbonyl (C=O) groups is 3. The number of amides is 2. The average Bonchev–Trinajstić information content (AvgIpc) is 3.48. The van der Waals surface area contributed by atoms with Gasteiger partial charge in [-0.1, -0.05) is 31.2 Å². The minimum Gasteiger partial charge on any atom is -0.497 e. The summed E-state index contributed by atoms with van der Waals surface area (Å²) in [6, 6.07) is 13.4. The molecule has 4 N–H and O–H groups in total.